The molecule has 0 aliphatic carbocycles. The van der Waals surface area contributed by atoms with E-state index in [9.17, 15) is 14.4 Å². The van der Waals surface area contributed by atoms with Crippen molar-refractivity contribution in [2.75, 3.05) is 6.61 Å². The third-order valence-corrected chi connectivity index (χ3v) is 3.91. The second-order valence-corrected chi connectivity index (χ2v) is 6.05. The van der Waals surface area contributed by atoms with Gasteiger partial charge in [0.25, 0.3) is 5.91 Å². The Morgan fingerprint density at radius 2 is 1.56 bits per heavy atom. The fourth-order valence-electron chi connectivity index (χ4n) is 2.62. The highest BCUT2D eigenvalue weighted by Gasteiger charge is 2.35. The van der Waals surface area contributed by atoms with Gasteiger partial charge in [-0.05, 0) is 24.6 Å². The number of fused-ring (bicyclic) bond motifs is 1. The summed E-state index contributed by atoms with van der Waals surface area (Å²) in [6.45, 7) is 1.10. The van der Waals surface area contributed by atoms with Crippen LogP contribution in [0.25, 0.3) is 0 Å². The molecule has 0 fully saturated rings. The Labute approximate surface area is 156 Å². The van der Waals surface area contributed by atoms with Crippen LogP contribution in [0, 0.1) is 0 Å². The summed E-state index contributed by atoms with van der Waals surface area (Å²) in [5.74, 6) is -0.933. The third kappa shape index (κ3) is 4.84. The lowest BCUT2D eigenvalue weighted by atomic mass is 10.1. The van der Waals surface area contributed by atoms with Crippen LogP contribution in [0.15, 0.2) is 54.6 Å². The van der Waals surface area contributed by atoms with E-state index in [1.54, 1.807) is 55.5 Å². The van der Waals surface area contributed by atoms with E-state index in [0.717, 1.165) is 5.56 Å². The largest absolute Gasteiger partial charge is 0.482 e. The van der Waals surface area contributed by atoms with Crippen molar-refractivity contribution in [2.45, 2.75) is 25.6 Å². The second-order valence-electron chi connectivity index (χ2n) is 6.05. The van der Waals surface area contributed by atoms with Crippen LogP contribution in [0.2, 0.25) is 0 Å². The summed E-state index contributed by atoms with van der Waals surface area (Å²) in [6, 6.07) is 16.0. The molecule has 0 radical (unpaired) electrons. The SMILES string of the molecule is CC1Oc2ccccc2OC1C(=O)OCC(=O)NC(=O)Cc1ccccc1. The average molecular weight is 369 g/mol. The molecule has 0 saturated heterocycles. The first-order valence-corrected chi connectivity index (χ1v) is 8.48. The van der Waals surface area contributed by atoms with Crippen LogP contribution >= 0.6 is 0 Å². The highest BCUT2D eigenvalue weighted by atomic mass is 16.6. The summed E-state index contributed by atoms with van der Waals surface area (Å²) in [4.78, 5) is 35.9. The molecule has 1 heterocycles. The van der Waals surface area contributed by atoms with Crippen molar-refractivity contribution in [3.63, 3.8) is 0 Å². The quantitative estimate of drug-likeness (QED) is 0.806. The van der Waals surface area contributed by atoms with Gasteiger partial charge in [-0.2, -0.15) is 0 Å². The number of esters is 1. The first-order valence-electron chi connectivity index (χ1n) is 8.48. The topological polar surface area (TPSA) is 90.9 Å². The van der Waals surface area contributed by atoms with Crippen LogP contribution in [0.3, 0.4) is 0 Å². The van der Waals surface area contributed by atoms with Gasteiger partial charge in [-0.25, -0.2) is 4.79 Å². The maximum Gasteiger partial charge on any atom is 0.351 e. The number of nitrogens with one attached hydrogen (secondary N) is 1. The van der Waals surface area contributed by atoms with Crippen LogP contribution in [-0.4, -0.2) is 36.6 Å². The van der Waals surface area contributed by atoms with E-state index in [1.165, 1.54) is 0 Å². The van der Waals surface area contributed by atoms with Gasteiger partial charge in [0.15, 0.2) is 18.1 Å². The standard InChI is InChI=1S/C20H19NO6/c1-13-19(27-16-10-6-5-9-15(16)26-13)20(24)25-12-18(23)21-17(22)11-14-7-3-2-4-8-14/h2-10,13,19H,11-12H2,1H3,(H,21,22,23). The van der Waals surface area contributed by atoms with E-state index in [2.05, 4.69) is 5.32 Å². The summed E-state index contributed by atoms with van der Waals surface area (Å²) in [6.07, 6.45) is -1.50. The lowest BCUT2D eigenvalue weighted by Gasteiger charge is -2.30. The number of hydrogen-bond acceptors (Lipinski definition) is 6. The first kappa shape index (κ1) is 18.4. The zero-order chi connectivity index (χ0) is 19.2. The van der Waals surface area contributed by atoms with Gasteiger partial charge in [-0.1, -0.05) is 42.5 Å². The van der Waals surface area contributed by atoms with Crippen LogP contribution in [0.4, 0.5) is 0 Å². The van der Waals surface area contributed by atoms with Crippen LogP contribution in [-0.2, 0) is 25.5 Å². The Kier molecular flexibility index (Phi) is 5.71. The predicted octanol–water partition coefficient (Wildman–Crippen LogP) is 1.64. The molecule has 2 unspecified atom stereocenters. The number of para-hydroxylation sites is 2. The van der Waals surface area contributed by atoms with Crippen molar-refractivity contribution in [3.05, 3.63) is 60.2 Å². The minimum Gasteiger partial charge on any atom is -0.482 e. The van der Waals surface area contributed by atoms with Crippen molar-refractivity contribution >= 4 is 17.8 Å². The van der Waals surface area contributed by atoms with Gasteiger partial charge >= 0.3 is 5.97 Å². The van der Waals surface area contributed by atoms with Crippen molar-refractivity contribution in [3.8, 4) is 11.5 Å². The molecule has 1 N–H and O–H groups in total. The van der Waals surface area contributed by atoms with Crippen molar-refractivity contribution in [2.24, 2.45) is 0 Å². The van der Waals surface area contributed by atoms with Crippen molar-refractivity contribution < 1.29 is 28.6 Å². The zero-order valence-electron chi connectivity index (χ0n) is 14.7. The molecule has 0 saturated carbocycles. The monoisotopic (exact) mass is 369 g/mol. The molecule has 7 heteroatoms. The number of ether oxygens (including phenoxy) is 3. The van der Waals surface area contributed by atoms with Gasteiger partial charge in [0.05, 0.1) is 6.42 Å². The summed E-state index contributed by atoms with van der Waals surface area (Å²) in [5, 5.41) is 2.19. The highest BCUT2D eigenvalue weighted by Crippen LogP contribution is 2.33. The number of rotatable bonds is 5. The van der Waals surface area contributed by atoms with Crippen molar-refractivity contribution in [1.29, 1.82) is 0 Å². The fraction of sp³-hybridized carbons (Fsp3) is 0.250. The smallest absolute Gasteiger partial charge is 0.351 e. The Balaban J connectivity index is 1.47. The normalized spacial score (nSPS) is 17.7. The van der Waals surface area contributed by atoms with E-state index < -0.39 is 36.6 Å². The maximum absolute atomic E-state index is 12.2. The lowest BCUT2D eigenvalue weighted by Crippen LogP contribution is -2.45. The van der Waals surface area contributed by atoms with E-state index in [1.807, 2.05) is 6.07 Å². The summed E-state index contributed by atoms with van der Waals surface area (Å²) in [7, 11) is 0. The summed E-state index contributed by atoms with van der Waals surface area (Å²) < 4.78 is 16.2. The van der Waals surface area contributed by atoms with Crippen LogP contribution in [0.1, 0.15) is 12.5 Å². The molecular formula is C20H19NO6. The molecule has 2 atom stereocenters. The van der Waals surface area contributed by atoms with Gasteiger partial charge in [0.2, 0.25) is 12.0 Å². The van der Waals surface area contributed by atoms with Gasteiger partial charge in [0, 0.05) is 0 Å². The third-order valence-electron chi connectivity index (χ3n) is 3.91. The number of hydrogen-bond donors (Lipinski definition) is 1. The molecule has 0 bridgehead atoms. The minimum atomic E-state index is -0.993. The number of amides is 2. The fourth-order valence-corrected chi connectivity index (χ4v) is 2.62. The minimum absolute atomic E-state index is 0.0634. The Morgan fingerprint density at radius 1 is 0.926 bits per heavy atom. The molecule has 27 heavy (non-hydrogen) atoms. The van der Waals surface area contributed by atoms with Gasteiger partial charge in [-0.15, -0.1) is 0 Å². The average Bonchev–Trinajstić information content (AvgIpc) is 2.66. The second kappa shape index (κ2) is 8.35. The van der Waals surface area contributed by atoms with E-state index in [0.29, 0.717) is 11.5 Å². The predicted molar refractivity (Wildman–Crippen MR) is 95.2 cm³/mol. The molecule has 2 aromatic carbocycles. The summed E-state index contributed by atoms with van der Waals surface area (Å²) >= 11 is 0. The molecular weight excluding hydrogens is 350 g/mol. The van der Waals surface area contributed by atoms with Gasteiger partial charge in [0.1, 0.15) is 6.10 Å². The molecule has 7 nitrogen and oxygen atoms in total. The molecule has 1 aliphatic rings. The molecule has 140 valence electrons. The lowest BCUT2D eigenvalue weighted by molar-refractivity contribution is -0.161. The Bertz CT molecular complexity index is 835. The van der Waals surface area contributed by atoms with E-state index in [4.69, 9.17) is 14.2 Å². The number of benzene rings is 2. The summed E-state index contributed by atoms with van der Waals surface area (Å²) in [5.41, 5.74) is 0.778. The van der Waals surface area contributed by atoms with Crippen LogP contribution in [0.5, 0.6) is 11.5 Å². The molecule has 2 amide bonds. The Hall–Kier alpha value is -3.35. The van der Waals surface area contributed by atoms with E-state index in [-0.39, 0.29) is 6.42 Å². The maximum atomic E-state index is 12.2. The number of carbonyl (C=O) groups is 3. The molecule has 2 aromatic rings. The van der Waals surface area contributed by atoms with Crippen LogP contribution < -0.4 is 14.8 Å². The molecule has 1 aliphatic heterocycles. The van der Waals surface area contributed by atoms with E-state index >= 15 is 0 Å². The molecule has 0 aromatic heterocycles. The highest BCUT2D eigenvalue weighted by molar-refractivity contribution is 5.97. The Morgan fingerprint density at radius 3 is 2.26 bits per heavy atom. The number of carbonyl (C=O) groups excluding carboxylic acids is 3. The van der Waals surface area contributed by atoms with Crippen molar-refractivity contribution in [1.82, 2.24) is 5.32 Å². The molecule has 3 rings (SSSR count). The first-order chi connectivity index (χ1) is 13.0. The zero-order valence-corrected chi connectivity index (χ0v) is 14.7. The number of imide groups is 1. The van der Waals surface area contributed by atoms with Gasteiger partial charge < -0.3 is 14.2 Å². The van der Waals surface area contributed by atoms with Gasteiger partial charge in [-0.3, -0.25) is 14.9 Å². The molecule has 0 spiro atoms.